The van der Waals surface area contributed by atoms with E-state index in [9.17, 15) is 4.79 Å². The lowest BCUT2D eigenvalue weighted by Gasteiger charge is -2.30. The van der Waals surface area contributed by atoms with Crippen molar-refractivity contribution in [2.24, 2.45) is 0 Å². The molecule has 3 rings (SSSR count). The number of likely N-dealkylation sites (tertiary alicyclic amines) is 1. The Bertz CT molecular complexity index is 670. The van der Waals surface area contributed by atoms with Gasteiger partial charge in [-0.1, -0.05) is 48.3 Å². The number of hydrogen-bond acceptors (Lipinski definition) is 4. The van der Waals surface area contributed by atoms with E-state index in [1.54, 1.807) is 0 Å². The standard InChI is InChI=1S/C19H25N3O2/c1-3-4-5-17(23)22-12-10-16(11-13-22)19-20-18(21-24-19)15-8-6-14(2)7-9-15/h6-9,16H,3-5,10-13H2,1-2H3. The van der Waals surface area contributed by atoms with Gasteiger partial charge >= 0.3 is 0 Å². The van der Waals surface area contributed by atoms with Crippen LogP contribution in [-0.2, 0) is 4.79 Å². The lowest BCUT2D eigenvalue weighted by atomic mass is 9.96. The summed E-state index contributed by atoms with van der Waals surface area (Å²) >= 11 is 0. The number of piperidine rings is 1. The molecule has 128 valence electrons. The zero-order valence-corrected chi connectivity index (χ0v) is 14.5. The molecule has 1 amide bonds. The van der Waals surface area contributed by atoms with Crippen molar-refractivity contribution in [2.75, 3.05) is 13.1 Å². The fourth-order valence-corrected chi connectivity index (χ4v) is 3.08. The van der Waals surface area contributed by atoms with Crippen molar-refractivity contribution in [2.45, 2.75) is 51.9 Å². The maximum atomic E-state index is 12.1. The normalized spacial score (nSPS) is 15.7. The molecule has 1 aromatic heterocycles. The third-order valence-electron chi connectivity index (χ3n) is 4.69. The largest absolute Gasteiger partial charge is 0.343 e. The van der Waals surface area contributed by atoms with Crippen LogP contribution in [0.15, 0.2) is 28.8 Å². The minimum atomic E-state index is 0.256. The van der Waals surface area contributed by atoms with E-state index in [0.717, 1.165) is 44.3 Å². The number of rotatable bonds is 5. The van der Waals surface area contributed by atoms with Crippen LogP contribution in [0.5, 0.6) is 0 Å². The number of carbonyl (C=O) groups is 1. The molecule has 5 nitrogen and oxygen atoms in total. The molecule has 1 aliphatic rings. The number of aromatic nitrogens is 2. The molecule has 5 heteroatoms. The van der Waals surface area contributed by atoms with Crippen LogP contribution in [0.25, 0.3) is 11.4 Å². The lowest BCUT2D eigenvalue weighted by molar-refractivity contribution is -0.132. The van der Waals surface area contributed by atoms with Gasteiger partial charge in [-0.3, -0.25) is 4.79 Å². The summed E-state index contributed by atoms with van der Waals surface area (Å²) in [6.07, 6.45) is 4.49. The van der Waals surface area contributed by atoms with Gasteiger partial charge in [0.25, 0.3) is 0 Å². The Morgan fingerprint density at radius 2 is 1.96 bits per heavy atom. The molecule has 0 unspecified atom stereocenters. The van der Waals surface area contributed by atoms with Crippen LogP contribution in [-0.4, -0.2) is 34.0 Å². The van der Waals surface area contributed by atoms with Gasteiger partial charge in [0.2, 0.25) is 17.6 Å². The molecular weight excluding hydrogens is 302 g/mol. The Kier molecular flexibility index (Phi) is 5.28. The lowest BCUT2D eigenvalue weighted by Crippen LogP contribution is -2.37. The summed E-state index contributed by atoms with van der Waals surface area (Å²) < 4.78 is 5.48. The number of aryl methyl sites for hydroxylation is 1. The first kappa shape index (κ1) is 16.7. The summed E-state index contributed by atoms with van der Waals surface area (Å²) in [6, 6.07) is 8.12. The number of amides is 1. The number of carbonyl (C=O) groups excluding carboxylic acids is 1. The average molecular weight is 327 g/mol. The van der Waals surface area contributed by atoms with E-state index in [0.29, 0.717) is 18.1 Å². The number of nitrogens with zero attached hydrogens (tertiary/aromatic N) is 3. The summed E-state index contributed by atoms with van der Waals surface area (Å²) in [4.78, 5) is 18.6. The Balaban J connectivity index is 1.59. The summed E-state index contributed by atoms with van der Waals surface area (Å²) in [5, 5.41) is 4.12. The van der Waals surface area contributed by atoms with Gasteiger partial charge < -0.3 is 9.42 Å². The third-order valence-corrected chi connectivity index (χ3v) is 4.69. The van der Waals surface area contributed by atoms with Crippen LogP contribution in [0.1, 0.15) is 56.4 Å². The Hall–Kier alpha value is -2.17. The Morgan fingerprint density at radius 3 is 2.62 bits per heavy atom. The fourth-order valence-electron chi connectivity index (χ4n) is 3.08. The highest BCUT2D eigenvalue weighted by atomic mass is 16.5. The molecule has 0 aliphatic carbocycles. The van der Waals surface area contributed by atoms with Crippen molar-refractivity contribution in [1.29, 1.82) is 0 Å². The molecular formula is C19H25N3O2. The first-order chi connectivity index (χ1) is 11.7. The van der Waals surface area contributed by atoms with E-state index < -0.39 is 0 Å². The van der Waals surface area contributed by atoms with Gasteiger partial charge in [0.15, 0.2) is 0 Å². The summed E-state index contributed by atoms with van der Waals surface area (Å²) in [5.41, 5.74) is 2.19. The second-order valence-corrected chi connectivity index (χ2v) is 6.58. The third kappa shape index (κ3) is 3.83. The predicted octanol–water partition coefficient (Wildman–Crippen LogP) is 3.94. The first-order valence-corrected chi connectivity index (χ1v) is 8.85. The molecule has 0 bridgehead atoms. The predicted molar refractivity (Wildman–Crippen MR) is 92.6 cm³/mol. The highest BCUT2D eigenvalue weighted by Crippen LogP contribution is 2.29. The van der Waals surface area contributed by atoms with E-state index in [4.69, 9.17) is 4.52 Å². The second kappa shape index (κ2) is 7.60. The van der Waals surface area contributed by atoms with Gasteiger partial charge in [-0.05, 0) is 26.2 Å². The van der Waals surface area contributed by atoms with Crippen molar-refractivity contribution in [1.82, 2.24) is 15.0 Å². The van der Waals surface area contributed by atoms with Gasteiger partial charge in [0, 0.05) is 31.0 Å². The molecule has 1 aliphatic heterocycles. The minimum absolute atomic E-state index is 0.256. The van der Waals surface area contributed by atoms with Crippen molar-refractivity contribution >= 4 is 5.91 Å². The average Bonchev–Trinajstić information content (AvgIpc) is 3.10. The summed E-state index contributed by atoms with van der Waals surface area (Å²) in [6.45, 7) is 5.74. The minimum Gasteiger partial charge on any atom is -0.343 e. The summed E-state index contributed by atoms with van der Waals surface area (Å²) in [7, 11) is 0. The van der Waals surface area contributed by atoms with E-state index in [1.165, 1.54) is 5.56 Å². The zero-order valence-electron chi connectivity index (χ0n) is 14.5. The Labute approximate surface area is 143 Å². The van der Waals surface area contributed by atoms with Crippen LogP contribution in [0, 0.1) is 6.92 Å². The van der Waals surface area contributed by atoms with E-state index in [2.05, 4.69) is 24.0 Å². The molecule has 2 aromatic rings. The molecule has 0 spiro atoms. The Morgan fingerprint density at radius 1 is 1.25 bits per heavy atom. The van der Waals surface area contributed by atoms with Crippen LogP contribution in [0.2, 0.25) is 0 Å². The molecule has 2 heterocycles. The SMILES string of the molecule is CCCCC(=O)N1CCC(c2nc(-c3ccc(C)cc3)no2)CC1. The van der Waals surface area contributed by atoms with E-state index in [-0.39, 0.29) is 11.8 Å². The van der Waals surface area contributed by atoms with Crippen LogP contribution in [0.3, 0.4) is 0 Å². The molecule has 0 saturated carbocycles. The van der Waals surface area contributed by atoms with Crippen molar-refractivity contribution in [3.63, 3.8) is 0 Å². The molecule has 24 heavy (non-hydrogen) atoms. The molecule has 1 aromatic carbocycles. The fraction of sp³-hybridized carbons (Fsp3) is 0.526. The van der Waals surface area contributed by atoms with Gasteiger partial charge in [-0.15, -0.1) is 0 Å². The maximum Gasteiger partial charge on any atom is 0.230 e. The van der Waals surface area contributed by atoms with Gasteiger partial charge in [0.1, 0.15) is 0 Å². The van der Waals surface area contributed by atoms with Crippen molar-refractivity contribution in [3.05, 3.63) is 35.7 Å². The van der Waals surface area contributed by atoms with E-state index >= 15 is 0 Å². The molecule has 0 radical (unpaired) electrons. The molecule has 1 fully saturated rings. The van der Waals surface area contributed by atoms with Crippen LogP contribution >= 0.6 is 0 Å². The van der Waals surface area contributed by atoms with Gasteiger partial charge in [-0.25, -0.2) is 0 Å². The highest BCUT2D eigenvalue weighted by Gasteiger charge is 2.27. The number of unbranched alkanes of at least 4 members (excludes halogenated alkanes) is 1. The van der Waals surface area contributed by atoms with Crippen LogP contribution < -0.4 is 0 Å². The van der Waals surface area contributed by atoms with Gasteiger partial charge in [0.05, 0.1) is 0 Å². The maximum absolute atomic E-state index is 12.1. The molecule has 1 saturated heterocycles. The smallest absolute Gasteiger partial charge is 0.230 e. The van der Waals surface area contributed by atoms with Crippen molar-refractivity contribution < 1.29 is 9.32 Å². The second-order valence-electron chi connectivity index (χ2n) is 6.58. The molecule has 0 N–H and O–H groups in total. The number of benzene rings is 1. The first-order valence-electron chi connectivity index (χ1n) is 8.85. The zero-order chi connectivity index (χ0) is 16.9. The number of hydrogen-bond donors (Lipinski definition) is 0. The highest BCUT2D eigenvalue weighted by molar-refractivity contribution is 5.76. The van der Waals surface area contributed by atoms with E-state index in [1.807, 2.05) is 29.2 Å². The topological polar surface area (TPSA) is 59.2 Å². The van der Waals surface area contributed by atoms with Crippen LogP contribution in [0.4, 0.5) is 0 Å². The molecule has 0 atom stereocenters. The van der Waals surface area contributed by atoms with Gasteiger partial charge in [-0.2, -0.15) is 4.98 Å². The summed E-state index contributed by atoms with van der Waals surface area (Å²) in [5.74, 6) is 1.88. The monoisotopic (exact) mass is 327 g/mol. The quantitative estimate of drug-likeness (QED) is 0.834. The van der Waals surface area contributed by atoms with Crippen molar-refractivity contribution in [3.8, 4) is 11.4 Å².